The van der Waals surface area contributed by atoms with Gasteiger partial charge >= 0.3 is 18.4 Å². The zero-order chi connectivity index (χ0) is 25.9. The van der Waals surface area contributed by atoms with Crippen LogP contribution in [0.5, 0.6) is 5.75 Å². The Morgan fingerprint density at radius 3 is 2.22 bits per heavy atom. The van der Waals surface area contributed by atoms with Gasteiger partial charge in [0.05, 0.1) is 19.4 Å². The van der Waals surface area contributed by atoms with Crippen LogP contribution in [0.2, 0.25) is 5.02 Å². The van der Waals surface area contributed by atoms with Crippen molar-refractivity contribution < 1.29 is 32.2 Å². The minimum Gasteiger partial charge on any atom is -0.468 e. The third-order valence-corrected chi connectivity index (χ3v) is 5.76. The van der Waals surface area contributed by atoms with E-state index in [1.54, 1.807) is 54.6 Å². The quantitative estimate of drug-likeness (QED) is 0.447. The monoisotopic (exact) mass is 517 g/mol. The first-order valence-electron chi connectivity index (χ1n) is 10.6. The Labute approximate surface area is 209 Å². The Morgan fingerprint density at radius 2 is 1.64 bits per heavy atom. The van der Waals surface area contributed by atoms with E-state index in [2.05, 4.69) is 15.2 Å². The molecular formula is C25H19ClF3N3O4. The van der Waals surface area contributed by atoms with Crippen LogP contribution in [0.4, 0.5) is 23.7 Å². The van der Waals surface area contributed by atoms with E-state index in [1.807, 2.05) is 0 Å². The number of methoxy groups -OCH3 is 1. The standard InChI is InChI=1S/C25H19ClF3N3O4/c1-35-22(33)24(17-5-3-2-4-6-17)15-32(31-21(24)16-7-9-18(26)10-8-16)23(34)30-19-11-13-20(14-12-19)36-25(27,28)29/h2-14H,15H2,1H3,(H,30,34). The Balaban J connectivity index is 1.68. The summed E-state index contributed by atoms with van der Waals surface area (Å²) >= 11 is 6.03. The third kappa shape index (κ3) is 5.13. The van der Waals surface area contributed by atoms with Crippen LogP contribution in [0.3, 0.4) is 0 Å². The fourth-order valence-electron chi connectivity index (χ4n) is 3.90. The van der Waals surface area contributed by atoms with Gasteiger partial charge in [-0.25, -0.2) is 9.80 Å². The first kappa shape index (κ1) is 25.1. The van der Waals surface area contributed by atoms with Crippen LogP contribution < -0.4 is 10.1 Å². The number of urea groups is 1. The number of alkyl halides is 3. The van der Waals surface area contributed by atoms with Crippen LogP contribution in [-0.4, -0.2) is 42.7 Å². The van der Waals surface area contributed by atoms with Crippen molar-refractivity contribution >= 4 is 35.0 Å². The van der Waals surface area contributed by atoms with Crippen molar-refractivity contribution in [1.29, 1.82) is 0 Å². The molecule has 7 nitrogen and oxygen atoms in total. The van der Waals surface area contributed by atoms with Gasteiger partial charge in [-0.05, 0) is 47.5 Å². The fraction of sp³-hybridized carbons (Fsp3) is 0.160. The molecule has 0 radical (unpaired) electrons. The smallest absolute Gasteiger partial charge is 0.468 e. The second-order valence-electron chi connectivity index (χ2n) is 7.78. The van der Waals surface area contributed by atoms with Crippen molar-refractivity contribution in [2.75, 3.05) is 19.0 Å². The zero-order valence-corrected chi connectivity index (χ0v) is 19.5. The topological polar surface area (TPSA) is 80.2 Å². The van der Waals surface area contributed by atoms with Gasteiger partial charge < -0.3 is 14.8 Å². The number of anilines is 1. The summed E-state index contributed by atoms with van der Waals surface area (Å²) in [5, 5.41) is 8.60. The molecule has 0 fully saturated rings. The Morgan fingerprint density at radius 1 is 1.00 bits per heavy atom. The molecule has 3 aromatic carbocycles. The Hall–Kier alpha value is -4.05. The minimum atomic E-state index is -4.83. The highest BCUT2D eigenvalue weighted by molar-refractivity contribution is 6.31. The molecule has 0 saturated carbocycles. The first-order valence-corrected chi connectivity index (χ1v) is 10.9. The molecule has 11 heteroatoms. The predicted molar refractivity (Wildman–Crippen MR) is 127 cm³/mol. The molecule has 1 N–H and O–H groups in total. The van der Waals surface area contributed by atoms with Gasteiger partial charge in [0.15, 0.2) is 5.41 Å². The van der Waals surface area contributed by atoms with Crippen LogP contribution in [0.25, 0.3) is 0 Å². The highest BCUT2D eigenvalue weighted by Crippen LogP contribution is 2.37. The zero-order valence-electron chi connectivity index (χ0n) is 18.8. The molecule has 1 atom stereocenters. The molecule has 1 unspecified atom stereocenters. The van der Waals surface area contributed by atoms with Crippen LogP contribution in [0.15, 0.2) is 84.0 Å². The van der Waals surface area contributed by atoms with Crippen LogP contribution >= 0.6 is 11.6 Å². The number of carbonyl (C=O) groups excluding carboxylic acids is 2. The number of hydrazone groups is 1. The second kappa shape index (κ2) is 9.90. The van der Waals surface area contributed by atoms with E-state index in [0.29, 0.717) is 16.1 Å². The molecule has 186 valence electrons. The van der Waals surface area contributed by atoms with Crippen molar-refractivity contribution in [3.05, 3.63) is 95.0 Å². The number of hydrogen-bond acceptors (Lipinski definition) is 5. The highest BCUT2D eigenvalue weighted by Gasteiger charge is 2.53. The summed E-state index contributed by atoms with van der Waals surface area (Å²) in [6, 6.07) is 19.4. The fourth-order valence-corrected chi connectivity index (χ4v) is 4.03. The van der Waals surface area contributed by atoms with Crippen molar-refractivity contribution in [3.8, 4) is 5.75 Å². The SMILES string of the molecule is COC(=O)C1(c2ccccc2)CN(C(=O)Nc2ccc(OC(F)(F)F)cc2)N=C1c1ccc(Cl)cc1. The Kier molecular flexibility index (Phi) is 6.89. The lowest BCUT2D eigenvalue weighted by Gasteiger charge is -2.28. The number of esters is 1. The van der Waals surface area contributed by atoms with E-state index >= 15 is 0 Å². The molecule has 2 amide bonds. The van der Waals surface area contributed by atoms with E-state index in [0.717, 1.165) is 17.1 Å². The van der Waals surface area contributed by atoms with E-state index in [1.165, 1.54) is 19.2 Å². The molecule has 0 spiro atoms. The maximum atomic E-state index is 13.3. The van der Waals surface area contributed by atoms with E-state index in [-0.39, 0.29) is 17.9 Å². The number of benzene rings is 3. The largest absolute Gasteiger partial charge is 0.573 e. The number of rotatable bonds is 5. The summed E-state index contributed by atoms with van der Waals surface area (Å²) in [6.45, 7) is -0.178. The maximum Gasteiger partial charge on any atom is 0.573 e. The van der Waals surface area contributed by atoms with E-state index in [4.69, 9.17) is 16.3 Å². The van der Waals surface area contributed by atoms with Crippen molar-refractivity contribution in [3.63, 3.8) is 0 Å². The molecule has 1 heterocycles. The average molecular weight is 518 g/mol. The second-order valence-corrected chi connectivity index (χ2v) is 8.21. The van der Waals surface area contributed by atoms with E-state index in [9.17, 15) is 22.8 Å². The lowest BCUT2D eigenvalue weighted by atomic mass is 9.74. The third-order valence-electron chi connectivity index (χ3n) is 5.50. The molecule has 0 aliphatic carbocycles. The predicted octanol–water partition coefficient (Wildman–Crippen LogP) is 5.60. The number of carbonyl (C=O) groups is 2. The van der Waals surface area contributed by atoms with E-state index < -0.39 is 29.5 Å². The summed E-state index contributed by atoms with van der Waals surface area (Å²) < 4.78 is 46.2. The van der Waals surface area contributed by atoms with Gasteiger partial charge in [-0.3, -0.25) is 4.79 Å². The van der Waals surface area contributed by atoms with Crippen molar-refractivity contribution in [2.24, 2.45) is 5.10 Å². The maximum absolute atomic E-state index is 13.3. The number of amides is 2. The average Bonchev–Trinajstić information content (AvgIpc) is 3.27. The molecule has 0 aromatic heterocycles. The van der Waals surface area contributed by atoms with Gasteiger partial charge in [-0.1, -0.05) is 54.1 Å². The molecular weight excluding hydrogens is 499 g/mol. The highest BCUT2D eigenvalue weighted by atomic mass is 35.5. The van der Waals surface area contributed by atoms with Crippen LogP contribution in [-0.2, 0) is 14.9 Å². The molecule has 36 heavy (non-hydrogen) atoms. The Bertz CT molecular complexity index is 1280. The van der Waals surface area contributed by atoms with Crippen LogP contribution in [0, 0.1) is 0 Å². The normalized spacial score (nSPS) is 17.4. The summed E-state index contributed by atoms with van der Waals surface area (Å²) in [6.07, 6.45) is -4.83. The molecule has 1 aliphatic rings. The summed E-state index contributed by atoms with van der Waals surface area (Å²) in [5.74, 6) is -1.05. The molecule has 1 aliphatic heterocycles. The summed E-state index contributed by atoms with van der Waals surface area (Å²) in [7, 11) is 1.25. The lowest BCUT2D eigenvalue weighted by molar-refractivity contribution is -0.274. The van der Waals surface area contributed by atoms with Gasteiger partial charge in [-0.2, -0.15) is 5.10 Å². The van der Waals surface area contributed by atoms with Crippen molar-refractivity contribution in [1.82, 2.24) is 5.01 Å². The van der Waals surface area contributed by atoms with Gasteiger partial charge in [-0.15, -0.1) is 13.2 Å². The number of halogens is 4. The number of hydrogen-bond donors (Lipinski definition) is 1. The summed E-state index contributed by atoms with van der Waals surface area (Å²) in [5.41, 5.74) is 0.160. The van der Waals surface area contributed by atoms with Gasteiger partial charge in [0.25, 0.3) is 0 Å². The molecule has 0 bridgehead atoms. The van der Waals surface area contributed by atoms with Crippen LogP contribution in [0.1, 0.15) is 11.1 Å². The van der Waals surface area contributed by atoms with Crippen molar-refractivity contribution in [2.45, 2.75) is 11.8 Å². The van der Waals surface area contributed by atoms with Gasteiger partial charge in [0.2, 0.25) is 0 Å². The number of nitrogens with zero attached hydrogens (tertiary/aromatic N) is 2. The molecule has 3 aromatic rings. The van der Waals surface area contributed by atoms with Gasteiger partial charge in [0.1, 0.15) is 5.75 Å². The summed E-state index contributed by atoms with van der Waals surface area (Å²) in [4.78, 5) is 26.4. The van der Waals surface area contributed by atoms with Gasteiger partial charge in [0, 0.05) is 10.7 Å². The number of ether oxygens (including phenoxy) is 2. The minimum absolute atomic E-state index is 0.178. The molecule has 0 saturated heterocycles. The lowest BCUT2D eigenvalue weighted by Crippen LogP contribution is -2.48. The number of nitrogens with one attached hydrogen (secondary N) is 1. The first-order chi connectivity index (χ1) is 17.1. The molecule has 4 rings (SSSR count).